The molecule has 0 atom stereocenters. The van der Waals surface area contributed by atoms with Crippen LogP contribution in [0.15, 0.2) is 24.3 Å². The molecule has 0 fully saturated rings. The van der Waals surface area contributed by atoms with Crippen molar-refractivity contribution in [3.63, 3.8) is 0 Å². The summed E-state index contributed by atoms with van der Waals surface area (Å²) in [7, 11) is 0. The Morgan fingerprint density at radius 3 is 2.21 bits per heavy atom. The van der Waals surface area contributed by atoms with Gasteiger partial charge in [-0.3, -0.25) is 4.79 Å². The van der Waals surface area contributed by atoms with Crippen molar-refractivity contribution in [2.45, 2.75) is 33.1 Å². The van der Waals surface area contributed by atoms with Crippen molar-refractivity contribution in [1.29, 1.82) is 0 Å². The van der Waals surface area contributed by atoms with E-state index in [0.29, 0.717) is 5.56 Å². The van der Waals surface area contributed by atoms with Gasteiger partial charge in [0.05, 0.1) is 12.0 Å². The molecule has 1 rings (SSSR count). The smallest absolute Gasteiger partial charge is 0.335 e. The van der Waals surface area contributed by atoms with E-state index in [0.717, 1.165) is 25.9 Å². The molecule has 4 nitrogen and oxygen atoms in total. The highest BCUT2D eigenvalue weighted by Crippen LogP contribution is 2.11. The molecule has 0 saturated heterocycles. The van der Waals surface area contributed by atoms with Gasteiger partial charge in [0.2, 0.25) is 5.91 Å². The van der Waals surface area contributed by atoms with Crippen LogP contribution in [0, 0.1) is 0 Å². The van der Waals surface area contributed by atoms with E-state index in [1.165, 1.54) is 6.07 Å². The van der Waals surface area contributed by atoms with E-state index in [1.807, 2.05) is 13.8 Å². The van der Waals surface area contributed by atoms with Crippen LogP contribution < -0.4 is 0 Å². The van der Waals surface area contributed by atoms with E-state index in [4.69, 9.17) is 5.11 Å². The molecule has 0 heterocycles. The summed E-state index contributed by atoms with van der Waals surface area (Å²) in [6.07, 6.45) is 1.97. The van der Waals surface area contributed by atoms with Gasteiger partial charge in [-0.2, -0.15) is 0 Å². The number of carbonyl (C=O) groups excluding carboxylic acids is 1. The van der Waals surface area contributed by atoms with Crippen LogP contribution in [-0.4, -0.2) is 35.0 Å². The predicted molar refractivity (Wildman–Crippen MR) is 74.3 cm³/mol. The van der Waals surface area contributed by atoms with Gasteiger partial charge in [0, 0.05) is 13.1 Å². The fourth-order valence-electron chi connectivity index (χ4n) is 2.06. The number of carboxylic acid groups (broad SMARTS) is 1. The Morgan fingerprint density at radius 1 is 1.11 bits per heavy atom. The summed E-state index contributed by atoms with van der Waals surface area (Å²) in [5.74, 6) is -0.988. The third-order valence-corrected chi connectivity index (χ3v) is 2.93. The molecule has 1 amide bonds. The number of nitrogens with zero attached hydrogens (tertiary/aromatic N) is 1. The highest BCUT2D eigenvalue weighted by atomic mass is 16.4. The van der Waals surface area contributed by atoms with E-state index in [1.54, 1.807) is 23.1 Å². The second-order valence-corrected chi connectivity index (χ2v) is 4.52. The molecule has 0 spiro atoms. The second-order valence-electron chi connectivity index (χ2n) is 4.52. The SMILES string of the molecule is CCCN(CCC)C(=O)Cc1ccccc1C(=O)O. The minimum atomic E-state index is -0.985. The Hall–Kier alpha value is -1.84. The molecule has 0 saturated carbocycles. The van der Waals surface area contributed by atoms with Crippen LogP contribution >= 0.6 is 0 Å². The predicted octanol–water partition coefficient (Wildman–Crippen LogP) is 2.58. The van der Waals surface area contributed by atoms with Crippen LogP contribution in [0.2, 0.25) is 0 Å². The Labute approximate surface area is 114 Å². The normalized spacial score (nSPS) is 10.2. The Morgan fingerprint density at radius 2 is 1.68 bits per heavy atom. The number of hydrogen-bond acceptors (Lipinski definition) is 2. The lowest BCUT2D eigenvalue weighted by atomic mass is 10.0. The largest absolute Gasteiger partial charge is 0.478 e. The van der Waals surface area contributed by atoms with Crippen LogP contribution in [0.1, 0.15) is 42.6 Å². The van der Waals surface area contributed by atoms with E-state index >= 15 is 0 Å². The number of carboxylic acids is 1. The minimum Gasteiger partial charge on any atom is -0.478 e. The highest BCUT2D eigenvalue weighted by molar-refractivity contribution is 5.91. The topological polar surface area (TPSA) is 57.6 Å². The molecule has 0 aromatic heterocycles. The molecule has 1 aromatic carbocycles. The van der Waals surface area contributed by atoms with Gasteiger partial charge in [0.15, 0.2) is 0 Å². The van der Waals surface area contributed by atoms with Crippen molar-refractivity contribution < 1.29 is 14.7 Å². The molecular weight excluding hydrogens is 242 g/mol. The minimum absolute atomic E-state index is 0.00241. The standard InChI is InChI=1S/C15H21NO3/c1-3-9-16(10-4-2)14(17)11-12-7-5-6-8-13(12)15(18)19/h5-8H,3-4,9-11H2,1-2H3,(H,18,19). The number of carbonyl (C=O) groups is 2. The van der Waals surface area contributed by atoms with Gasteiger partial charge >= 0.3 is 5.97 Å². The summed E-state index contributed by atoms with van der Waals surface area (Å²) in [4.78, 5) is 25.1. The highest BCUT2D eigenvalue weighted by Gasteiger charge is 2.16. The maximum Gasteiger partial charge on any atom is 0.335 e. The average Bonchev–Trinajstić information content (AvgIpc) is 2.38. The number of rotatable bonds is 7. The summed E-state index contributed by atoms with van der Waals surface area (Å²) in [5.41, 5.74) is 0.793. The maximum atomic E-state index is 12.2. The van der Waals surface area contributed by atoms with Gasteiger partial charge in [0.1, 0.15) is 0 Å². The van der Waals surface area contributed by atoms with E-state index in [2.05, 4.69) is 0 Å². The zero-order valence-electron chi connectivity index (χ0n) is 11.6. The maximum absolute atomic E-state index is 12.2. The second kappa shape index (κ2) is 7.56. The lowest BCUT2D eigenvalue weighted by molar-refractivity contribution is -0.130. The molecule has 1 N–H and O–H groups in total. The van der Waals surface area contributed by atoms with Gasteiger partial charge in [-0.25, -0.2) is 4.79 Å². The monoisotopic (exact) mass is 263 g/mol. The van der Waals surface area contributed by atoms with Crippen LogP contribution in [0.3, 0.4) is 0 Å². The van der Waals surface area contributed by atoms with Crippen molar-refractivity contribution in [2.75, 3.05) is 13.1 Å². The first-order valence-electron chi connectivity index (χ1n) is 6.69. The van der Waals surface area contributed by atoms with Gasteiger partial charge in [-0.1, -0.05) is 32.0 Å². The first kappa shape index (κ1) is 15.2. The molecule has 104 valence electrons. The molecule has 4 heteroatoms. The molecular formula is C15H21NO3. The third-order valence-electron chi connectivity index (χ3n) is 2.93. The number of amides is 1. The van der Waals surface area contributed by atoms with Crippen LogP contribution in [0.5, 0.6) is 0 Å². The summed E-state index contributed by atoms with van der Waals surface area (Å²) < 4.78 is 0. The molecule has 1 aromatic rings. The fraction of sp³-hybridized carbons (Fsp3) is 0.467. The van der Waals surface area contributed by atoms with Crippen LogP contribution in [-0.2, 0) is 11.2 Å². The summed E-state index contributed by atoms with van der Waals surface area (Å²) in [6.45, 7) is 5.51. The fourth-order valence-corrected chi connectivity index (χ4v) is 2.06. The molecule has 0 aliphatic carbocycles. The Bertz CT molecular complexity index is 437. The van der Waals surface area contributed by atoms with Gasteiger partial charge < -0.3 is 10.0 Å². The first-order chi connectivity index (χ1) is 9.10. The molecule has 0 aliphatic heterocycles. The van der Waals surface area contributed by atoms with Crippen LogP contribution in [0.25, 0.3) is 0 Å². The molecule has 0 aliphatic rings. The van der Waals surface area contributed by atoms with E-state index in [-0.39, 0.29) is 17.9 Å². The zero-order valence-corrected chi connectivity index (χ0v) is 11.6. The van der Waals surface area contributed by atoms with Crippen molar-refractivity contribution in [3.05, 3.63) is 35.4 Å². The van der Waals surface area contributed by atoms with E-state index < -0.39 is 5.97 Å². The van der Waals surface area contributed by atoms with Crippen LogP contribution in [0.4, 0.5) is 0 Å². The summed E-state index contributed by atoms with van der Waals surface area (Å²) >= 11 is 0. The van der Waals surface area contributed by atoms with Gasteiger partial charge in [0.25, 0.3) is 0 Å². The first-order valence-corrected chi connectivity index (χ1v) is 6.69. The number of benzene rings is 1. The molecule has 0 unspecified atom stereocenters. The summed E-state index contributed by atoms with van der Waals surface area (Å²) in [5, 5.41) is 9.10. The van der Waals surface area contributed by atoms with Crippen molar-refractivity contribution in [2.24, 2.45) is 0 Å². The Balaban J connectivity index is 2.83. The van der Waals surface area contributed by atoms with Crippen molar-refractivity contribution in [3.8, 4) is 0 Å². The molecule has 0 radical (unpaired) electrons. The number of aromatic carboxylic acids is 1. The lowest BCUT2D eigenvalue weighted by Gasteiger charge is -2.21. The van der Waals surface area contributed by atoms with E-state index in [9.17, 15) is 9.59 Å². The van der Waals surface area contributed by atoms with Crippen molar-refractivity contribution in [1.82, 2.24) is 4.90 Å². The third kappa shape index (κ3) is 4.39. The lowest BCUT2D eigenvalue weighted by Crippen LogP contribution is -2.34. The van der Waals surface area contributed by atoms with Gasteiger partial charge in [-0.15, -0.1) is 0 Å². The molecule has 0 bridgehead atoms. The Kier molecular flexibility index (Phi) is 6.06. The molecule has 19 heavy (non-hydrogen) atoms. The van der Waals surface area contributed by atoms with Crippen molar-refractivity contribution >= 4 is 11.9 Å². The summed E-state index contributed by atoms with van der Waals surface area (Å²) in [6, 6.07) is 6.68. The zero-order chi connectivity index (χ0) is 14.3. The van der Waals surface area contributed by atoms with Gasteiger partial charge in [-0.05, 0) is 24.5 Å². The average molecular weight is 263 g/mol. The number of hydrogen-bond donors (Lipinski definition) is 1. The quantitative estimate of drug-likeness (QED) is 0.822.